The predicted octanol–water partition coefficient (Wildman–Crippen LogP) is 0.421. The number of nitrogens with one attached hydrogen (secondary N) is 2. The van der Waals surface area contributed by atoms with Crippen LogP contribution in [0, 0.1) is 0 Å². The van der Waals surface area contributed by atoms with Crippen molar-refractivity contribution in [3.63, 3.8) is 0 Å². The minimum Gasteiger partial charge on any atom is -0.461 e. The minimum absolute atomic E-state index is 0.0321. The standard InChI is InChI=1S/C28H45N2O12P/c1-27(2,3)41-25(37)29-17(12-16-10-8-7-9-11-16)23(35)39-13-19(31)21(33)22(34)20(32)14-40-24(36)18(15-43)30-26(38)42-28(4,5)6/h7-11,17-22,31-34H,12-15,43H2,1-6H3,(H,29,37)(H,30,38)/t17-,18-,19+,20+,21+,22+/m0/s1. The van der Waals surface area contributed by atoms with E-state index in [-0.39, 0.29) is 12.6 Å². The van der Waals surface area contributed by atoms with E-state index in [4.69, 9.17) is 18.9 Å². The molecule has 1 aromatic carbocycles. The van der Waals surface area contributed by atoms with Gasteiger partial charge in [-0.3, -0.25) is 0 Å². The third-order valence-electron chi connectivity index (χ3n) is 5.40. The third-order valence-corrected chi connectivity index (χ3v) is 5.87. The van der Waals surface area contributed by atoms with E-state index in [1.165, 1.54) is 0 Å². The first-order valence-electron chi connectivity index (χ1n) is 13.6. The normalized spacial score (nSPS) is 16.0. The van der Waals surface area contributed by atoms with Gasteiger partial charge in [0.15, 0.2) is 0 Å². The van der Waals surface area contributed by atoms with Crippen LogP contribution in [0.3, 0.4) is 0 Å². The van der Waals surface area contributed by atoms with Gasteiger partial charge in [0, 0.05) is 6.42 Å². The topological polar surface area (TPSA) is 210 Å². The van der Waals surface area contributed by atoms with Crippen LogP contribution >= 0.6 is 9.24 Å². The molecule has 0 fully saturated rings. The summed E-state index contributed by atoms with van der Waals surface area (Å²) in [6.07, 6.45) is -9.41. The molecule has 43 heavy (non-hydrogen) atoms. The van der Waals surface area contributed by atoms with Crippen molar-refractivity contribution < 1.29 is 58.6 Å². The Balaban J connectivity index is 2.70. The number of carbonyl (C=O) groups excluding carboxylic acids is 4. The summed E-state index contributed by atoms with van der Waals surface area (Å²) < 4.78 is 20.3. The average Bonchev–Trinajstić information content (AvgIpc) is 2.90. The van der Waals surface area contributed by atoms with E-state index in [0.29, 0.717) is 5.56 Å². The van der Waals surface area contributed by atoms with Crippen LogP contribution in [0.25, 0.3) is 0 Å². The van der Waals surface area contributed by atoms with E-state index in [1.54, 1.807) is 71.9 Å². The van der Waals surface area contributed by atoms with Crippen LogP contribution in [0.2, 0.25) is 0 Å². The smallest absolute Gasteiger partial charge is 0.408 e. The number of aliphatic hydroxyl groups is 4. The molecule has 0 saturated carbocycles. The molecule has 0 bridgehead atoms. The Bertz CT molecular complexity index is 1040. The zero-order valence-corrected chi connectivity index (χ0v) is 26.5. The number of alkyl carbamates (subject to hydrolysis) is 2. The van der Waals surface area contributed by atoms with Crippen molar-refractivity contribution in [2.24, 2.45) is 0 Å². The van der Waals surface area contributed by atoms with E-state index in [1.807, 2.05) is 0 Å². The highest BCUT2D eigenvalue weighted by Gasteiger charge is 2.34. The molecule has 14 nitrogen and oxygen atoms in total. The van der Waals surface area contributed by atoms with Crippen LogP contribution in [0.1, 0.15) is 47.1 Å². The van der Waals surface area contributed by atoms with Crippen LogP contribution in [0.5, 0.6) is 0 Å². The Morgan fingerprint density at radius 2 is 1.12 bits per heavy atom. The minimum atomic E-state index is -2.02. The van der Waals surface area contributed by atoms with Gasteiger partial charge in [0.25, 0.3) is 0 Å². The maximum atomic E-state index is 12.8. The Kier molecular flexibility index (Phi) is 15.3. The molecule has 0 saturated heterocycles. The third kappa shape index (κ3) is 15.3. The first kappa shape index (κ1) is 38.0. The second kappa shape index (κ2) is 17.3. The molecule has 2 amide bonds. The lowest BCUT2D eigenvalue weighted by molar-refractivity contribution is -0.164. The van der Waals surface area contributed by atoms with Crippen LogP contribution in [-0.4, -0.2) is 112 Å². The Morgan fingerprint density at radius 3 is 1.51 bits per heavy atom. The fourth-order valence-corrected chi connectivity index (χ4v) is 3.66. The highest BCUT2D eigenvalue weighted by molar-refractivity contribution is 7.16. The Morgan fingerprint density at radius 1 is 0.721 bits per heavy atom. The molecule has 1 rings (SSSR count). The predicted molar refractivity (Wildman–Crippen MR) is 157 cm³/mol. The van der Waals surface area contributed by atoms with Crippen molar-refractivity contribution in [2.75, 3.05) is 19.4 Å². The lowest BCUT2D eigenvalue weighted by Gasteiger charge is -2.27. The fraction of sp³-hybridized carbons (Fsp3) is 0.643. The molecule has 244 valence electrons. The number of hydrogen-bond acceptors (Lipinski definition) is 12. The quantitative estimate of drug-likeness (QED) is 0.0937. The van der Waals surface area contributed by atoms with Crippen LogP contribution in [0.4, 0.5) is 9.59 Å². The van der Waals surface area contributed by atoms with Crippen molar-refractivity contribution in [1.82, 2.24) is 10.6 Å². The zero-order valence-electron chi connectivity index (χ0n) is 25.3. The van der Waals surface area contributed by atoms with E-state index in [9.17, 15) is 39.6 Å². The molecule has 0 radical (unpaired) electrons. The number of amides is 2. The van der Waals surface area contributed by atoms with E-state index in [2.05, 4.69) is 19.9 Å². The Hall–Kier alpha value is -3.03. The molecule has 0 spiro atoms. The second-order valence-electron chi connectivity index (χ2n) is 11.7. The van der Waals surface area contributed by atoms with E-state index in [0.717, 1.165) is 0 Å². The summed E-state index contributed by atoms with van der Waals surface area (Å²) in [6.45, 7) is 8.28. The fourth-order valence-electron chi connectivity index (χ4n) is 3.35. The van der Waals surface area contributed by atoms with Crippen molar-refractivity contribution in [3.8, 4) is 0 Å². The highest BCUT2D eigenvalue weighted by Crippen LogP contribution is 2.12. The van der Waals surface area contributed by atoms with Gasteiger partial charge in [0.05, 0.1) is 0 Å². The Labute approximate surface area is 253 Å². The van der Waals surface area contributed by atoms with E-state index >= 15 is 0 Å². The number of hydrogen-bond donors (Lipinski definition) is 6. The van der Waals surface area contributed by atoms with Gasteiger partial charge in [-0.25, -0.2) is 19.2 Å². The van der Waals surface area contributed by atoms with Gasteiger partial charge < -0.3 is 50.0 Å². The summed E-state index contributed by atoms with van der Waals surface area (Å²) in [7, 11) is 2.25. The molecule has 1 aromatic rings. The first-order chi connectivity index (χ1) is 19.8. The number of aliphatic hydroxyl groups excluding tert-OH is 4. The summed E-state index contributed by atoms with van der Waals surface area (Å²) in [5.41, 5.74) is -0.941. The molecular weight excluding hydrogens is 587 g/mol. The molecule has 7 atom stereocenters. The van der Waals surface area contributed by atoms with Gasteiger partial charge in [0.2, 0.25) is 0 Å². The monoisotopic (exact) mass is 632 g/mol. The molecule has 15 heteroatoms. The average molecular weight is 633 g/mol. The highest BCUT2D eigenvalue weighted by atomic mass is 31.0. The summed E-state index contributed by atoms with van der Waals surface area (Å²) in [4.78, 5) is 49.4. The van der Waals surface area contributed by atoms with Crippen LogP contribution in [0.15, 0.2) is 30.3 Å². The molecule has 0 heterocycles. The maximum Gasteiger partial charge on any atom is 0.408 e. The molecule has 6 N–H and O–H groups in total. The summed E-state index contributed by atoms with van der Waals surface area (Å²) in [6, 6.07) is 6.37. The van der Waals surface area contributed by atoms with Crippen LogP contribution < -0.4 is 10.6 Å². The zero-order chi connectivity index (χ0) is 33.0. The van der Waals surface area contributed by atoms with Crippen molar-refractivity contribution in [2.45, 2.75) is 95.7 Å². The first-order valence-corrected chi connectivity index (χ1v) is 14.4. The van der Waals surface area contributed by atoms with Gasteiger partial charge in [-0.05, 0) is 53.3 Å². The second-order valence-corrected chi connectivity index (χ2v) is 12.2. The van der Waals surface area contributed by atoms with Gasteiger partial charge in [0.1, 0.15) is 60.9 Å². The lowest BCUT2D eigenvalue weighted by atomic mass is 10.0. The number of benzene rings is 1. The summed E-state index contributed by atoms with van der Waals surface area (Å²) in [5, 5.41) is 45.8. The lowest BCUT2D eigenvalue weighted by Crippen LogP contribution is -2.50. The van der Waals surface area contributed by atoms with Gasteiger partial charge in [-0.1, -0.05) is 30.3 Å². The van der Waals surface area contributed by atoms with Gasteiger partial charge >= 0.3 is 24.1 Å². The van der Waals surface area contributed by atoms with E-state index < -0.39 is 85.0 Å². The molecule has 0 aromatic heterocycles. The van der Waals surface area contributed by atoms with Crippen molar-refractivity contribution >= 4 is 33.4 Å². The molecule has 1 unspecified atom stereocenters. The largest absolute Gasteiger partial charge is 0.461 e. The number of carbonyl (C=O) groups is 4. The molecule has 0 aliphatic carbocycles. The van der Waals surface area contributed by atoms with Crippen LogP contribution in [-0.2, 0) is 35.0 Å². The molecule has 0 aliphatic heterocycles. The maximum absolute atomic E-state index is 12.8. The molecule has 0 aliphatic rings. The molecular formula is C28H45N2O12P. The SMILES string of the molecule is CC(C)(C)OC(=O)N[C@@H](CP)C(=O)OC[C@@H](O)[C@@H](O)[C@H](O)[C@H](O)COC(=O)[C@H](Cc1ccccc1)NC(=O)OC(C)(C)C. The van der Waals surface area contributed by atoms with Gasteiger partial charge in [-0.15, -0.1) is 9.24 Å². The van der Waals surface area contributed by atoms with Crippen molar-refractivity contribution in [3.05, 3.63) is 35.9 Å². The summed E-state index contributed by atoms with van der Waals surface area (Å²) in [5.74, 6) is -1.90. The number of ether oxygens (including phenoxy) is 4. The number of esters is 2. The summed E-state index contributed by atoms with van der Waals surface area (Å²) >= 11 is 0. The van der Waals surface area contributed by atoms with Gasteiger partial charge in [-0.2, -0.15) is 0 Å². The van der Waals surface area contributed by atoms with Crippen molar-refractivity contribution in [1.29, 1.82) is 0 Å². The number of rotatable bonds is 14.